The quantitative estimate of drug-likeness (QED) is 0.757. The second-order valence-electron chi connectivity index (χ2n) is 4.12. The number of imidazole rings is 1. The van der Waals surface area contributed by atoms with Gasteiger partial charge in [-0.15, -0.1) is 0 Å². The van der Waals surface area contributed by atoms with Gasteiger partial charge in [0.1, 0.15) is 6.54 Å². The number of carbonyl (C=O) groups is 1. The molecule has 1 heterocycles. The molecule has 1 aromatic rings. The van der Waals surface area contributed by atoms with E-state index in [1.165, 1.54) is 4.57 Å². The molecule has 5 heteroatoms. The smallest absolute Gasteiger partial charge is 0.328 e. The predicted molar refractivity (Wildman–Crippen MR) is 62.4 cm³/mol. The summed E-state index contributed by atoms with van der Waals surface area (Å²) in [5, 5.41) is 0. The van der Waals surface area contributed by atoms with Crippen LogP contribution in [0.25, 0.3) is 0 Å². The number of hydrogen-bond donors (Lipinski definition) is 0. The molecule has 90 valence electrons. The molecule has 0 unspecified atom stereocenters. The molecule has 0 aliphatic rings. The molecule has 0 radical (unpaired) electrons. The molecule has 0 fully saturated rings. The summed E-state index contributed by atoms with van der Waals surface area (Å²) in [5.74, 6) is -0.0499. The van der Waals surface area contributed by atoms with E-state index >= 15 is 0 Å². The Hall–Kier alpha value is -1.52. The monoisotopic (exact) mass is 225 g/mol. The Morgan fingerprint density at radius 1 is 1.44 bits per heavy atom. The van der Waals surface area contributed by atoms with Crippen molar-refractivity contribution in [1.82, 2.24) is 14.0 Å². The van der Waals surface area contributed by atoms with Gasteiger partial charge in [-0.3, -0.25) is 13.9 Å². The topological polar surface area (TPSA) is 47.2 Å². The van der Waals surface area contributed by atoms with E-state index in [4.69, 9.17) is 0 Å². The summed E-state index contributed by atoms with van der Waals surface area (Å²) in [4.78, 5) is 25.0. The Kier molecular flexibility index (Phi) is 3.93. The molecule has 0 atom stereocenters. The Labute approximate surface area is 95.3 Å². The van der Waals surface area contributed by atoms with Crippen LogP contribution in [0.5, 0.6) is 0 Å². The lowest BCUT2D eigenvalue weighted by Gasteiger charge is -2.14. The summed E-state index contributed by atoms with van der Waals surface area (Å²) in [6.07, 6.45) is 3.37. The molecule has 0 aromatic carbocycles. The van der Waals surface area contributed by atoms with Gasteiger partial charge in [0.15, 0.2) is 0 Å². The second-order valence-corrected chi connectivity index (χ2v) is 4.12. The number of carbonyl (C=O) groups excluding carboxylic acids is 1. The molecule has 0 saturated carbocycles. The van der Waals surface area contributed by atoms with Gasteiger partial charge in [-0.25, -0.2) is 4.79 Å². The SMILES string of the molecule is CCN(C)C(=O)Cn1ccn(C(C)C)c1=O. The van der Waals surface area contributed by atoms with Crippen molar-refractivity contribution in [2.24, 2.45) is 0 Å². The second kappa shape index (κ2) is 5.01. The van der Waals surface area contributed by atoms with E-state index in [1.54, 1.807) is 28.9 Å². The fourth-order valence-corrected chi connectivity index (χ4v) is 1.38. The van der Waals surface area contributed by atoms with Crippen molar-refractivity contribution in [3.63, 3.8) is 0 Å². The maximum absolute atomic E-state index is 11.8. The first-order chi connectivity index (χ1) is 7.47. The average molecular weight is 225 g/mol. The van der Waals surface area contributed by atoms with Crippen LogP contribution in [0.4, 0.5) is 0 Å². The molecule has 16 heavy (non-hydrogen) atoms. The third-order valence-electron chi connectivity index (χ3n) is 2.64. The first kappa shape index (κ1) is 12.5. The van der Waals surface area contributed by atoms with Crippen molar-refractivity contribution >= 4 is 5.91 Å². The van der Waals surface area contributed by atoms with Gasteiger partial charge in [0.05, 0.1) is 0 Å². The molecule has 1 aromatic heterocycles. The summed E-state index contributed by atoms with van der Waals surface area (Å²) in [6.45, 7) is 6.54. The third-order valence-corrected chi connectivity index (χ3v) is 2.64. The van der Waals surface area contributed by atoms with Crippen LogP contribution in [-0.4, -0.2) is 33.5 Å². The van der Waals surface area contributed by atoms with Crippen molar-refractivity contribution in [2.75, 3.05) is 13.6 Å². The minimum atomic E-state index is -0.132. The number of nitrogens with zero attached hydrogens (tertiary/aromatic N) is 3. The number of likely N-dealkylation sites (N-methyl/N-ethyl adjacent to an activating group) is 1. The fraction of sp³-hybridized carbons (Fsp3) is 0.636. The lowest BCUT2D eigenvalue weighted by atomic mass is 10.4. The van der Waals surface area contributed by atoms with Gasteiger partial charge >= 0.3 is 5.69 Å². The molecule has 5 nitrogen and oxygen atoms in total. The van der Waals surface area contributed by atoms with Crippen LogP contribution in [0.1, 0.15) is 26.8 Å². The first-order valence-corrected chi connectivity index (χ1v) is 5.48. The molecule has 0 N–H and O–H groups in total. The number of rotatable bonds is 4. The van der Waals surface area contributed by atoms with Crippen molar-refractivity contribution in [1.29, 1.82) is 0 Å². The summed E-state index contributed by atoms with van der Waals surface area (Å²) in [5.41, 5.74) is -0.132. The third kappa shape index (κ3) is 2.53. The van der Waals surface area contributed by atoms with Gasteiger partial charge in [0.25, 0.3) is 0 Å². The Bertz CT molecular complexity index is 417. The number of hydrogen-bond acceptors (Lipinski definition) is 2. The summed E-state index contributed by atoms with van der Waals surface area (Å²) < 4.78 is 3.05. The highest BCUT2D eigenvalue weighted by atomic mass is 16.2. The molecule has 1 rings (SSSR count). The Morgan fingerprint density at radius 2 is 2.06 bits per heavy atom. The van der Waals surface area contributed by atoms with E-state index in [2.05, 4.69) is 0 Å². The fourth-order valence-electron chi connectivity index (χ4n) is 1.38. The van der Waals surface area contributed by atoms with Gasteiger partial charge in [0.2, 0.25) is 5.91 Å². The molecule has 1 amide bonds. The van der Waals surface area contributed by atoms with Gasteiger partial charge in [-0.05, 0) is 20.8 Å². The average Bonchev–Trinajstić information content (AvgIpc) is 2.59. The van der Waals surface area contributed by atoms with Crippen LogP contribution in [-0.2, 0) is 11.3 Å². The maximum Gasteiger partial charge on any atom is 0.328 e. The molecule has 0 aliphatic heterocycles. The van der Waals surface area contributed by atoms with Crippen LogP contribution >= 0.6 is 0 Å². The summed E-state index contributed by atoms with van der Waals surface area (Å²) >= 11 is 0. The van der Waals surface area contributed by atoms with Gasteiger partial charge < -0.3 is 4.90 Å². The van der Waals surface area contributed by atoms with Crippen LogP contribution in [0.3, 0.4) is 0 Å². The lowest BCUT2D eigenvalue weighted by Crippen LogP contribution is -2.34. The highest BCUT2D eigenvalue weighted by Gasteiger charge is 2.11. The molecular weight excluding hydrogens is 206 g/mol. The summed E-state index contributed by atoms with van der Waals surface area (Å²) in [6, 6.07) is 0.118. The van der Waals surface area contributed by atoms with Crippen LogP contribution in [0.15, 0.2) is 17.2 Å². The van der Waals surface area contributed by atoms with Crippen LogP contribution < -0.4 is 5.69 Å². The van der Waals surface area contributed by atoms with E-state index in [-0.39, 0.29) is 24.2 Å². The lowest BCUT2D eigenvalue weighted by molar-refractivity contribution is -0.130. The number of aromatic nitrogens is 2. The highest BCUT2D eigenvalue weighted by molar-refractivity contribution is 5.75. The summed E-state index contributed by atoms with van der Waals surface area (Å²) in [7, 11) is 1.73. The minimum Gasteiger partial charge on any atom is -0.344 e. The molecule has 0 saturated heterocycles. The van der Waals surface area contributed by atoms with Crippen molar-refractivity contribution in [3.05, 3.63) is 22.9 Å². The largest absolute Gasteiger partial charge is 0.344 e. The van der Waals surface area contributed by atoms with Crippen molar-refractivity contribution < 1.29 is 4.79 Å². The Morgan fingerprint density at radius 3 is 2.50 bits per heavy atom. The van der Waals surface area contributed by atoms with Crippen LogP contribution in [0, 0.1) is 0 Å². The zero-order valence-electron chi connectivity index (χ0n) is 10.3. The molecular formula is C11H19N3O2. The normalized spacial score (nSPS) is 10.8. The van der Waals surface area contributed by atoms with E-state index in [9.17, 15) is 9.59 Å². The van der Waals surface area contributed by atoms with Crippen molar-refractivity contribution in [3.8, 4) is 0 Å². The standard InChI is InChI=1S/C11H19N3O2/c1-5-12(4)10(15)8-13-6-7-14(9(2)3)11(13)16/h6-7,9H,5,8H2,1-4H3. The Balaban J connectivity index is 2.83. The highest BCUT2D eigenvalue weighted by Crippen LogP contribution is 1.99. The maximum atomic E-state index is 11.8. The molecule has 0 spiro atoms. The molecule has 0 aliphatic carbocycles. The van der Waals surface area contributed by atoms with Gasteiger partial charge in [0, 0.05) is 32.0 Å². The zero-order chi connectivity index (χ0) is 12.3. The van der Waals surface area contributed by atoms with Gasteiger partial charge in [-0.1, -0.05) is 0 Å². The van der Waals surface area contributed by atoms with E-state index in [1.807, 2.05) is 20.8 Å². The van der Waals surface area contributed by atoms with Gasteiger partial charge in [-0.2, -0.15) is 0 Å². The minimum absolute atomic E-state index is 0.0499. The van der Waals surface area contributed by atoms with Crippen molar-refractivity contribution in [2.45, 2.75) is 33.4 Å². The van der Waals surface area contributed by atoms with E-state index < -0.39 is 0 Å². The van der Waals surface area contributed by atoms with E-state index in [0.717, 1.165) is 0 Å². The zero-order valence-corrected chi connectivity index (χ0v) is 10.3. The van der Waals surface area contributed by atoms with Crippen LogP contribution in [0.2, 0.25) is 0 Å². The van der Waals surface area contributed by atoms with E-state index in [0.29, 0.717) is 6.54 Å². The molecule has 0 bridgehead atoms. The number of amides is 1. The predicted octanol–water partition coefficient (Wildman–Crippen LogP) is 0.709. The first-order valence-electron chi connectivity index (χ1n) is 5.48.